The number of halogens is 2. The number of thiazole rings is 1. The van der Waals surface area contributed by atoms with Crippen molar-refractivity contribution in [3.8, 4) is 0 Å². The lowest BCUT2D eigenvalue weighted by Gasteiger charge is -2.32. The Bertz CT molecular complexity index is 692. The van der Waals surface area contributed by atoms with Crippen LogP contribution in [0.1, 0.15) is 17.7 Å². The molecule has 3 rings (SSSR count). The van der Waals surface area contributed by atoms with Crippen LogP contribution < -0.4 is 5.32 Å². The Kier molecular flexibility index (Phi) is 6.06. The SMILES string of the molecule is O=C(Cc1cc(F)cc(F)c1)N[C@@H]1CCOC[C@H]1OCc1cscn1. The minimum Gasteiger partial charge on any atom is -0.379 e. The molecule has 2 atom stereocenters. The minimum absolute atomic E-state index is 0.0924. The van der Waals surface area contributed by atoms with Gasteiger partial charge in [-0.2, -0.15) is 0 Å². The zero-order chi connectivity index (χ0) is 17.6. The molecule has 25 heavy (non-hydrogen) atoms. The van der Waals surface area contributed by atoms with Gasteiger partial charge in [0.2, 0.25) is 5.91 Å². The number of carbonyl (C=O) groups is 1. The summed E-state index contributed by atoms with van der Waals surface area (Å²) in [5, 5.41) is 4.78. The van der Waals surface area contributed by atoms with Crippen LogP contribution in [0.4, 0.5) is 8.78 Å². The molecule has 0 aliphatic carbocycles. The van der Waals surface area contributed by atoms with Crippen LogP contribution in [0, 0.1) is 11.6 Å². The molecule has 0 radical (unpaired) electrons. The molecular weight excluding hydrogens is 350 g/mol. The fraction of sp³-hybridized carbons (Fsp3) is 0.412. The summed E-state index contributed by atoms with van der Waals surface area (Å²) in [6.07, 6.45) is 0.235. The Hall–Kier alpha value is -1.90. The summed E-state index contributed by atoms with van der Waals surface area (Å²) in [4.78, 5) is 16.4. The smallest absolute Gasteiger partial charge is 0.224 e. The summed E-state index contributed by atoms with van der Waals surface area (Å²) in [5.41, 5.74) is 2.85. The van der Waals surface area contributed by atoms with Gasteiger partial charge in [-0.25, -0.2) is 13.8 Å². The number of hydrogen-bond donors (Lipinski definition) is 1. The molecule has 5 nitrogen and oxygen atoms in total. The molecule has 0 bridgehead atoms. The summed E-state index contributed by atoms with van der Waals surface area (Å²) in [7, 11) is 0. The first-order valence-electron chi connectivity index (χ1n) is 7.91. The van der Waals surface area contributed by atoms with Gasteiger partial charge in [0, 0.05) is 18.1 Å². The minimum atomic E-state index is -0.696. The fourth-order valence-electron chi connectivity index (χ4n) is 2.70. The van der Waals surface area contributed by atoms with Gasteiger partial charge in [0.1, 0.15) is 17.7 Å². The maximum atomic E-state index is 13.2. The van der Waals surface area contributed by atoms with Crippen LogP contribution in [0.25, 0.3) is 0 Å². The number of aromatic nitrogens is 1. The molecular formula is C17H18F2N2O3S. The van der Waals surface area contributed by atoms with E-state index in [1.54, 1.807) is 5.51 Å². The summed E-state index contributed by atoms with van der Waals surface area (Å²) in [6.45, 7) is 1.25. The van der Waals surface area contributed by atoms with Crippen molar-refractivity contribution in [2.45, 2.75) is 31.6 Å². The molecule has 1 amide bonds. The third-order valence-corrected chi connectivity index (χ3v) is 4.50. The van der Waals surface area contributed by atoms with Crippen LogP contribution in [0.5, 0.6) is 0 Å². The maximum absolute atomic E-state index is 13.2. The lowest BCUT2D eigenvalue weighted by atomic mass is 10.0. The number of nitrogens with zero attached hydrogens (tertiary/aromatic N) is 1. The highest BCUT2D eigenvalue weighted by Gasteiger charge is 2.28. The molecule has 0 spiro atoms. The topological polar surface area (TPSA) is 60.5 Å². The predicted molar refractivity (Wildman–Crippen MR) is 88.1 cm³/mol. The van der Waals surface area contributed by atoms with E-state index in [9.17, 15) is 13.6 Å². The van der Waals surface area contributed by atoms with Crippen molar-refractivity contribution in [1.29, 1.82) is 0 Å². The molecule has 134 valence electrons. The van der Waals surface area contributed by atoms with Crippen LogP contribution in [0.2, 0.25) is 0 Å². The third kappa shape index (κ3) is 5.29. The number of amides is 1. The summed E-state index contributed by atoms with van der Waals surface area (Å²) < 4.78 is 37.7. The average molecular weight is 368 g/mol. The van der Waals surface area contributed by atoms with E-state index in [1.807, 2.05) is 5.38 Å². The number of hydrogen-bond acceptors (Lipinski definition) is 5. The number of benzene rings is 1. The second-order valence-electron chi connectivity index (χ2n) is 5.82. The largest absolute Gasteiger partial charge is 0.379 e. The average Bonchev–Trinajstić information content (AvgIpc) is 3.06. The molecule has 1 aromatic heterocycles. The maximum Gasteiger partial charge on any atom is 0.224 e. The van der Waals surface area contributed by atoms with Crippen LogP contribution in [0.3, 0.4) is 0 Å². The molecule has 2 heterocycles. The third-order valence-electron chi connectivity index (χ3n) is 3.87. The second-order valence-corrected chi connectivity index (χ2v) is 6.54. The Labute approximate surface area is 148 Å². The van der Waals surface area contributed by atoms with E-state index in [0.717, 1.165) is 23.9 Å². The number of carbonyl (C=O) groups excluding carboxylic acids is 1. The normalized spacial score (nSPS) is 20.4. The zero-order valence-corrected chi connectivity index (χ0v) is 14.2. The highest BCUT2D eigenvalue weighted by atomic mass is 32.1. The first kappa shape index (κ1) is 17.9. The van der Waals surface area contributed by atoms with Crippen molar-refractivity contribution in [3.05, 3.63) is 52.0 Å². The van der Waals surface area contributed by atoms with E-state index in [4.69, 9.17) is 9.47 Å². The Morgan fingerprint density at radius 2 is 2.16 bits per heavy atom. The van der Waals surface area contributed by atoms with Crippen LogP contribution in [0.15, 0.2) is 29.1 Å². The van der Waals surface area contributed by atoms with Crippen molar-refractivity contribution < 1.29 is 23.0 Å². The fourth-order valence-corrected chi connectivity index (χ4v) is 3.24. The molecule has 1 saturated heterocycles. The Balaban J connectivity index is 1.55. The van der Waals surface area contributed by atoms with Gasteiger partial charge >= 0.3 is 0 Å². The highest BCUT2D eigenvalue weighted by Crippen LogP contribution is 2.15. The number of ether oxygens (including phenoxy) is 2. The van der Waals surface area contributed by atoms with Crippen LogP contribution in [-0.2, 0) is 27.3 Å². The monoisotopic (exact) mass is 368 g/mol. The van der Waals surface area contributed by atoms with E-state index in [1.165, 1.54) is 11.3 Å². The Morgan fingerprint density at radius 1 is 1.36 bits per heavy atom. The standard InChI is InChI=1S/C17H18F2N2O3S/c18-12-3-11(4-13(19)6-12)5-17(22)21-15-1-2-23-8-16(15)24-7-14-9-25-10-20-14/h3-4,6,9-10,15-16H,1-2,5,7-8H2,(H,21,22)/t15-,16-/m1/s1. The molecule has 0 unspecified atom stereocenters. The van der Waals surface area contributed by atoms with Crippen molar-refractivity contribution in [2.24, 2.45) is 0 Å². The summed E-state index contributed by atoms with van der Waals surface area (Å²) in [6, 6.07) is 2.88. The summed E-state index contributed by atoms with van der Waals surface area (Å²) >= 11 is 1.49. The molecule has 0 saturated carbocycles. The van der Waals surface area contributed by atoms with Gasteiger partial charge < -0.3 is 14.8 Å². The number of rotatable bonds is 6. The molecule has 1 aromatic carbocycles. The zero-order valence-electron chi connectivity index (χ0n) is 13.4. The van der Waals surface area contributed by atoms with Crippen LogP contribution in [-0.4, -0.2) is 36.3 Å². The molecule has 2 aromatic rings. The first-order valence-corrected chi connectivity index (χ1v) is 8.85. The highest BCUT2D eigenvalue weighted by molar-refractivity contribution is 7.07. The molecule has 1 N–H and O–H groups in total. The van der Waals surface area contributed by atoms with Crippen molar-refractivity contribution in [2.75, 3.05) is 13.2 Å². The predicted octanol–water partition coefficient (Wildman–Crippen LogP) is 2.45. The van der Waals surface area contributed by atoms with Gasteiger partial charge in [0.15, 0.2) is 0 Å². The lowest BCUT2D eigenvalue weighted by Crippen LogP contribution is -2.50. The van der Waals surface area contributed by atoms with Gasteiger partial charge in [0.25, 0.3) is 0 Å². The lowest BCUT2D eigenvalue weighted by molar-refractivity contribution is -0.126. The van der Waals surface area contributed by atoms with Crippen molar-refractivity contribution in [1.82, 2.24) is 10.3 Å². The quantitative estimate of drug-likeness (QED) is 0.851. The van der Waals surface area contributed by atoms with Crippen LogP contribution >= 0.6 is 11.3 Å². The van der Waals surface area contributed by atoms with Gasteiger partial charge in [0.05, 0.1) is 36.9 Å². The molecule has 8 heteroatoms. The van der Waals surface area contributed by atoms with E-state index >= 15 is 0 Å². The van der Waals surface area contributed by atoms with E-state index < -0.39 is 11.6 Å². The first-order chi connectivity index (χ1) is 12.1. The molecule has 1 aliphatic heterocycles. The van der Waals surface area contributed by atoms with E-state index in [0.29, 0.717) is 31.8 Å². The summed E-state index contributed by atoms with van der Waals surface area (Å²) in [5.74, 6) is -1.70. The van der Waals surface area contributed by atoms with Gasteiger partial charge in [-0.05, 0) is 24.1 Å². The van der Waals surface area contributed by atoms with Crippen molar-refractivity contribution >= 4 is 17.2 Å². The van der Waals surface area contributed by atoms with E-state index in [2.05, 4.69) is 10.3 Å². The van der Waals surface area contributed by atoms with Gasteiger partial charge in [-0.15, -0.1) is 11.3 Å². The molecule has 1 aliphatic rings. The number of nitrogens with one attached hydrogen (secondary N) is 1. The van der Waals surface area contributed by atoms with E-state index in [-0.39, 0.29) is 24.5 Å². The molecule has 1 fully saturated rings. The Morgan fingerprint density at radius 3 is 2.88 bits per heavy atom. The van der Waals surface area contributed by atoms with Crippen molar-refractivity contribution in [3.63, 3.8) is 0 Å². The second kappa shape index (κ2) is 8.46. The van der Waals surface area contributed by atoms with Gasteiger partial charge in [-0.3, -0.25) is 4.79 Å². The van der Waals surface area contributed by atoms with Gasteiger partial charge in [-0.1, -0.05) is 0 Å².